The number of benzene rings is 2. The molecule has 2 aromatic rings. The van der Waals surface area contributed by atoms with Crippen LogP contribution in [0, 0.1) is 5.82 Å². The summed E-state index contributed by atoms with van der Waals surface area (Å²) in [5.41, 5.74) is 1.16. The van der Waals surface area contributed by atoms with Crippen LogP contribution in [0.25, 0.3) is 0 Å². The smallest absolute Gasteiger partial charge is 0.128 e. The average Bonchev–Trinajstić information content (AvgIpc) is 2.29. The van der Waals surface area contributed by atoms with Crippen LogP contribution in [0.2, 0.25) is 5.02 Å². The van der Waals surface area contributed by atoms with Crippen molar-refractivity contribution in [1.29, 1.82) is 0 Å². The van der Waals surface area contributed by atoms with Crippen molar-refractivity contribution in [1.82, 2.24) is 0 Å². The quantitative estimate of drug-likeness (QED) is 0.675. The molecule has 82 valence electrons. The van der Waals surface area contributed by atoms with Crippen LogP contribution in [-0.4, -0.2) is 0 Å². The summed E-state index contributed by atoms with van der Waals surface area (Å²) >= 11 is 12.2. The lowest BCUT2D eigenvalue weighted by atomic mass is 10.0. The summed E-state index contributed by atoms with van der Waals surface area (Å²) < 4.78 is 13.5. The summed E-state index contributed by atoms with van der Waals surface area (Å²) in [6.07, 6.45) is 0. The van der Waals surface area contributed by atoms with Gasteiger partial charge in [0.25, 0.3) is 0 Å². The first-order valence-electron chi connectivity index (χ1n) is 4.83. The summed E-state index contributed by atoms with van der Waals surface area (Å²) in [6.45, 7) is 0. The first kappa shape index (κ1) is 11.4. The zero-order valence-corrected chi connectivity index (χ0v) is 9.84. The van der Waals surface area contributed by atoms with Gasteiger partial charge in [-0.2, -0.15) is 0 Å². The van der Waals surface area contributed by atoms with Gasteiger partial charge in [0.05, 0.1) is 5.38 Å². The number of halogens is 3. The maximum atomic E-state index is 13.5. The molecular weight excluding hydrogens is 246 g/mol. The fourth-order valence-corrected chi connectivity index (χ4v) is 2.20. The van der Waals surface area contributed by atoms with Crippen LogP contribution >= 0.6 is 23.2 Å². The van der Waals surface area contributed by atoms with Crippen LogP contribution in [0.1, 0.15) is 16.5 Å². The van der Waals surface area contributed by atoms with Gasteiger partial charge >= 0.3 is 0 Å². The van der Waals surface area contributed by atoms with Gasteiger partial charge in [0, 0.05) is 10.6 Å². The Kier molecular flexibility index (Phi) is 3.47. The highest BCUT2D eigenvalue weighted by molar-refractivity contribution is 6.33. The Bertz CT molecular complexity index is 451. The zero-order chi connectivity index (χ0) is 11.5. The van der Waals surface area contributed by atoms with Crippen molar-refractivity contribution < 1.29 is 4.39 Å². The van der Waals surface area contributed by atoms with Crippen molar-refractivity contribution in [2.45, 2.75) is 5.38 Å². The van der Waals surface area contributed by atoms with E-state index in [9.17, 15) is 4.39 Å². The van der Waals surface area contributed by atoms with E-state index in [4.69, 9.17) is 23.2 Å². The lowest BCUT2D eigenvalue weighted by Crippen LogP contribution is -1.97. The second kappa shape index (κ2) is 4.86. The van der Waals surface area contributed by atoms with Crippen LogP contribution < -0.4 is 0 Å². The molecule has 1 unspecified atom stereocenters. The summed E-state index contributed by atoms with van der Waals surface area (Å²) in [7, 11) is 0. The minimum Gasteiger partial charge on any atom is -0.207 e. The van der Waals surface area contributed by atoms with Gasteiger partial charge in [-0.25, -0.2) is 4.39 Å². The molecule has 0 saturated heterocycles. The van der Waals surface area contributed by atoms with Gasteiger partial charge in [-0.1, -0.05) is 48.0 Å². The fourth-order valence-electron chi connectivity index (χ4n) is 1.53. The highest BCUT2D eigenvalue weighted by Gasteiger charge is 2.16. The second-order valence-corrected chi connectivity index (χ2v) is 4.25. The molecule has 0 aliphatic carbocycles. The van der Waals surface area contributed by atoms with E-state index in [1.807, 2.05) is 12.1 Å². The number of hydrogen-bond acceptors (Lipinski definition) is 0. The third-order valence-corrected chi connectivity index (χ3v) is 3.17. The van der Waals surface area contributed by atoms with Gasteiger partial charge < -0.3 is 0 Å². The summed E-state index contributed by atoms with van der Waals surface area (Å²) in [5, 5.41) is -0.0133. The van der Waals surface area contributed by atoms with Crippen molar-refractivity contribution in [2.24, 2.45) is 0 Å². The Balaban J connectivity index is 2.44. The van der Waals surface area contributed by atoms with Crippen molar-refractivity contribution in [2.75, 3.05) is 0 Å². The van der Waals surface area contributed by atoms with E-state index in [0.29, 0.717) is 10.6 Å². The third kappa shape index (κ3) is 2.21. The van der Waals surface area contributed by atoms with E-state index in [1.165, 1.54) is 6.07 Å². The van der Waals surface area contributed by atoms with Gasteiger partial charge in [-0.3, -0.25) is 0 Å². The first-order valence-corrected chi connectivity index (χ1v) is 5.64. The largest absolute Gasteiger partial charge is 0.207 e. The molecule has 1 atom stereocenters. The van der Waals surface area contributed by atoms with Gasteiger partial charge in [0.15, 0.2) is 0 Å². The SMILES string of the molecule is Fc1ccccc1C(Cl)c1ccccc1Cl. The maximum absolute atomic E-state index is 13.5. The highest BCUT2D eigenvalue weighted by atomic mass is 35.5. The van der Waals surface area contributed by atoms with Gasteiger partial charge in [0.2, 0.25) is 0 Å². The van der Waals surface area contributed by atoms with E-state index >= 15 is 0 Å². The molecule has 0 radical (unpaired) electrons. The summed E-state index contributed by atoms with van der Waals surface area (Å²) in [6, 6.07) is 13.6. The van der Waals surface area contributed by atoms with Gasteiger partial charge in [-0.05, 0) is 17.7 Å². The first-order chi connectivity index (χ1) is 7.70. The monoisotopic (exact) mass is 254 g/mol. The van der Waals surface area contributed by atoms with Crippen LogP contribution in [0.15, 0.2) is 48.5 Å². The lowest BCUT2D eigenvalue weighted by molar-refractivity contribution is 0.612. The molecule has 0 bridgehead atoms. The minimum atomic E-state index is -0.560. The molecule has 3 heteroatoms. The Morgan fingerprint density at radius 3 is 2.06 bits per heavy atom. The molecule has 0 saturated carbocycles. The van der Waals surface area contributed by atoms with E-state index < -0.39 is 5.38 Å². The van der Waals surface area contributed by atoms with Crippen LogP contribution in [0.5, 0.6) is 0 Å². The molecule has 0 aliphatic heterocycles. The molecule has 2 rings (SSSR count). The van der Waals surface area contributed by atoms with Crippen LogP contribution in [0.4, 0.5) is 4.39 Å². The summed E-state index contributed by atoms with van der Waals surface area (Å²) in [4.78, 5) is 0. The molecule has 16 heavy (non-hydrogen) atoms. The Morgan fingerprint density at radius 2 is 1.44 bits per heavy atom. The minimum absolute atomic E-state index is 0.317. The molecule has 0 N–H and O–H groups in total. The third-order valence-electron chi connectivity index (χ3n) is 2.36. The molecule has 0 aliphatic rings. The summed E-state index contributed by atoms with van der Waals surface area (Å²) in [5.74, 6) is -0.317. The molecule has 2 aromatic carbocycles. The molecule has 0 fully saturated rings. The molecule has 0 heterocycles. The normalized spacial score (nSPS) is 12.4. The Hall–Kier alpha value is -1.05. The van der Waals surface area contributed by atoms with Gasteiger partial charge in [-0.15, -0.1) is 11.6 Å². The number of alkyl halides is 1. The van der Waals surface area contributed by atoms with E-state index in [1.54, 1.807) is 30.3 Å². The van der Waals surface area contributed by atoms with Crippen molar-refractivity contribution >= 4 is 23.2 Å². The van der Waals surface area contributed by atoms with Crippen molar-refractivity contribution in [3.05, 3.63) is 70.5 Å². The van der Waals surface area contributed by atoms with Gasteiger partial charge in [0.1, 0.15) is 5.82 Å². The molecular formula is C13H9Cl2F. The average molecular weight is 255 g/mol. The predicted octanol–water partition coefficient (Wildman–Crippen LogP) is 4.81. The predicted molar refractivity (Wildman–Crippen MR) is 65.5 cm³/mol. The van der Waals surface area contributed by atoms with Crippen LogP contribution in [0.3, 0.4) is 0 Å². The second-order valence-electron chi connectivity index (χ2n) is 3.41. The number of rotatable bonds is 2. The Labute approximate surface area is 104 Å². The number of hydrogen-bond donors (Lipinski definition) is 0. The maximum Gasteiger partial charge on any atom is 0.128 e. The topological polar surface area (TPSA) is 0 Å². The molecule has 0 nitrogen and oxygen atoms in total. The molecule has 0 spiro atoms. The van der Waals surface area contributed by atoms with E-state index in [-0.39, 0.29) is 5.82 Å². The molecule has 0 amide bonds. The van der Waals surface area contributed by atoms with Crippen LogP contribution in [-0.2, 0) is 0 Å². The van der Waals surface area contributed by atoms with E-state index in [0.717, 1.165) is 5.56 Å². The Morgan fingerprint density at radius 1 is 0.875 bits per heavy atom. The van der Waals surface area contributed by atoms with Crippen molar-refractivity contribution in [3.8, 4) is 0 Å². The zero-order valence-electron chi connectivity index (χ0n) is 8.33. The fraction of sp³-hybridized carbons (Fsp3) is 0.0769. The standard InChI is InChI=1S/C13H9Cl2F/c14-11-7-3-1-5-9(11)13(15)10-6-2-4-8-12(10)16/h1-8,13H. The van der Waals surface area contributed by atoms with E-state index in [2.05, 4.69) is 0 Å². The van der Waals surface area contributed by atoms with Crippen molar-refractivity contribution in [3.63, 3.8) is 0 Å². The lowest BCUT2D eigenvalue weighted by Gasteiger charge is -2.12. The highest BCUT2D eigenvalue weighted by Crippen LogP contribution is 2.34. The molecule has 0 aromatic heterocycles.